The van der Waals surface area contributed by atoms with E-state index in [1.807, 2.05) is 0 Å². The quantitative estimate of drug-likeness (QED) is 0.590. The Morgan fingerprint density at radius 3 is 2.33 bits per heavy atom. The Bertz CT molecular complexity index is 311. The fourth-order valence-electron chi connectivity index (χ4n) is 0.917. The van der Waals surface area contributed by atoms with E-state index in [1.54, 1.807) is 31.4 Å². The Morgan fingerprint density at radius 1 is 1.20 bits per heavy atom. The van der Waals surface area contributed by atoms with Gasteiger partial charge in [-0.2, -0.15) is 4.21 Å². The Hall–Kier alpha value is -1.11. The third-order valence-electron chi connectivity index (χ3n) is 1.55. The van der Waals surface area contributed by atoms with Crippen LogP contribution in [0.4, 0.5) is 0 Å². The van der Waals surface area contributed by atoms with Crippen molar-refractivity contribution in [2.24, 2.45) is 0 Å². The summed E-state index contributed by atoms with van der Waals surface area (Å²) >= 11 is -2.29. The summed E-state index contributed by atoms with van der Waals surface area (Å²) in [6.07, 6.45) is 0. The van der Waals surface area contributed by atoms with E-state index in [0.717, 1.165) is 0 Å². The van der Waals surface area contributed by atoms with Gasteiger partial charge in [0.15, 0.2) is 0 Å². The van der Waals surface area contributed by atoms with Crippen molar-refractivity contribution in [1.82, 2.24) is 0 Å². The Labute approximate surface area is 90.5 Å². The molecule has 1 N–H and O–H groups in total. The van der Waals surface area contributed by atoms with Gasteiger partial charge < -0.3 is 13.7 Å². The average molecular weight is 232 g/mol. The second-order valence-corrected chi connectivity index (χ2v) is 3.21. The SMILES string of the molecule is COCCOc1ccc(OS(=O)O)cc1. The highest BCUT2D eigenvalue weighted by atomic mass is 32.2. The molecule has 0 fully saturated rings. The van der Waals surface area contributed by atoms with Gasteiger partial charge in [-0.1, -0.05) is 0 Å². The van der Waals surface area contributed by atoms with Crippen LogP contribution in [-0.4, -0.2) is 29.1 Å². The lowest BCUT2D eigenvalue weighted by Crippen LogP contribution is -2.04. The van der Waals surface area contributed by atoms with Crippen LogP contribution in [0.25, 0.3) is 0 Å². The van der Waals surface area contributed by atoms with E-state index in [9.17, 15) is 4.21 Å². The first-order valence-electron chi connectivity index (χ1n) is 4.23. The summed E-state index contributed by atoms with van der Waals surface area (Å²) in [7, 11) is 1.59. The molecule has 1 aromatic rings. The monoisotopic (exact) mass is 232 g/mol. The Kier molecular flexibility index (Phi) is 5.09. The van der Waals surface area contributed by atoms with Crippen LogP contribution in [0.3, 0.4) is 0 Å². The summed E-state index contributed by atoms with van der Waals surface area (Å²) < 4.78 is 33.4. The first-order chi connectivity index (χ1) is 7.22. The summed E-state index contributed by atoms with van der Waals surface area (Å²) in [5, 5.41) is 0. The van der Waals surface area contributed by atoms with Crippen LogP contribution in [0.15, 0.2) is 24.3 Å². The van der Waals surface area contributed by atoms with E-state index in [2.05, 4.69) is 4.18 Å². The van der Waals surface area contributed by atoms with Crippen molar-refractivity contribution < 1.29 is 22.4 Å². The molecule has 0 aromatic heterocycles. The smallest absolute Gasteiger partial charge is 0.357 e. The maximum absolute atomic E-state index is 10.3. The van der Waals surface area contributed by atoms with E-state index in [4.69, 9.17) is 14.0 Å². The second kappa shape index (κ2) is 6.39. The van der Waals surface area contributed by atoms with Gasteiger partial charge in [-0.3, -0.25) is 4.55 Å². The van der Waals surface area contributed by atoms with Crippen molar-refractivity contribution in [3.05, 3.63) is 24.3 Å². The summed E-state index contributed by atoms with van der Waals surface area (Å²) in [6.45, 7) is 0.974. The molecule has 0 heterocycles. The number of hydrogen-bond donors (Lipinski definition) is 1. The lowest BCUT2D eigenvalue weighted by atomic mass is 10.3. The lowest BCUT2D eigenvalue weighted by Gasteiger charge is -2.05. The molecule has 1 rings (SSSR count). The summed E-state index contributed by atoms with van der Waals surface area (Å²) in [5.41, 5.74) is 0. The van der Waals surface area contributed by atoms with E-state index in [0.29, 0.717) is 24.7 Å². The van der Waals surface area contributed by atoms with Gasteiger partial charge in [0, 0.05) is 7.11 Å². The van der Waals surface area contributed by atoms with Crippen LogP contribution >= 0.6 is 0 Å². The molecule has 15 heavy (non-hydrogen) atoms. The summed E-state index contributed by atoms with van der Waals surface area (Å²) in [6, 6.07) is 6.40. The van der Waals surface area contributed by atoms with E-state index >= 15 is 0 Å². The molecule has 0 saturated heterocycles. The molecule has 1 unspecified atom stereocenters. The summed E-state index contributed by atoms with van der Waals surface area (Å²) in [4.78, 5) is 0. The second-order valence-electron chi connectivity index (χ2n) is 2.61. The first kappa shape index (κ1) is 12.0. The number of methoxy groups -OCH3 is 1. The minimum Gasteiger partial charge on any atom is -0.491 e. The lowest BCUT2D eigenvalue weighted by molar-refractivity contribution is 0.146. The van der Waals surface area contributed by atoms with Crippen molar-refractivity contribution in [2.45, 2.75) is 0 Å². The van der Waals surface area contributed by atoms with E-state index < -0.39 is 11.4 Å². The molecule has 0 saturated carbocycles. The van der Waals surface area contributed by atoms with Gasteiger partial charge in [-0.05, 0) is 24.3 Å². The molecule has 0 aliphatic carbocycles. The van der Waals surface area contributed by atoms with Crippen LogP contribution in [0.1, 0.15) is 0 Å². The fraction of sp³-hybridized carbons (Fsp3) is 0.333. The molecule has 1 aromatic carbocycles. The van der Waals surface area contributed by atoms with Crippen LogP contribution in [0.2, 0.25) is 0 Å². The predicted molar refractivity (Wildman–Crippen MR) is 55.2 cm³/mol. The van der Waals surface area contributed by atoms with Crippen molar-refractivity contribution in [2.75, 3.05) is 20.3 Å². The van der Waals surface area contributed by atoms with Crippen LogP contribution in [0.5, 0.6) is 11.5 Å². The molecule has 0 amide bonds. The molecule has 5 nitrogen and oxygen atoms in total. The molecular weight excluding hydrogens is 220 g/mol. The highest BCUT2D eigenvalue weighted by molar-refractivity contribution is 7.74. The predicted octanol–water partition coefficient (Wildman–Crippen LogP) is 1.23. The third kappa shape index (κ3) is 4.78. The normalized spacial score (nSPS) is 12.1. The largest absolute Gasteiger partial charge is 0.491 e. The summed E-state index contributed by atoms with van der Waals surface area (Å²) in [5.74, 6) is 0.970. The number of ether oxygens (including phenoxy) is 2. The molecule has 6 heteroatoms. The first-order valence-corrected chi connectivity index (χ1v) is 5.26. The Morgan fingerprint density at radius 2 is 1.80 bits per heavy atom. The minimum atomic E-state index is -2.29. The average Bonchev–Trinajstić information content (AvgIpc) is 2.20. The van der Waals surface area contributed by atoms with Gasteiger partial charge in [-0.15, -0.1) is 0 Å². The highest BCUT2D eigenvalue weighted by Crippen LogP contribution is 2.17. The van der Waals surface area contributed by atoms with Crippen molar-refractivity contribution in [3.8, 4) is 11.5 Å². The van der Waals surface area contributed by atoms with Gasteiger partial charge in [0.05, 0.1) is 6.61 Å². The van der Waals surface area contributed by atoms with Crippen LogP contribution < -0.4 is 8.92 Å². The van der Waals surface area contributed by atoms with Crippen molar-refractivity contribution >= 4 is 11.4 Å². The zero-order chi connectivity index (χ0) is 11.1. The standard InChI is InChI=1S/C9H12O5S/c1-12-6-7-13-8-2-4-9(5-3-8)14-15(10)11/h2-5H,6-7H2,1H3,(H,10,11). The molecule has 0 bridgehead atoms. The highest BCUT2D eigenvalue weighted by Gasteiger charge is 1.99. The topological polar surface area (TPSA) is 65.0 Å². The molecule has 0 aliphatic rings. The zero-order valence-corrected chi connectivity index (χ0v) is 9.03. The zero-order valence-electron chi connectivity index (χ0n) is 8.21. The fourth-order valence-corrected chi connectivity index (χ4v) is 1.19. The molecule has 1 atom stereocenters. The molecular formula is C9H12O5S. The maximum atomic E-state index is 10.3. The van der Waals surface area contributed by atoms with Gasteiger partial charge in [0.1, 0.15) is 18.1 Å². The molecule has 0 radical (unpaired) electrons. The Balaban J connectivity index is 2.45. The minimum absolute atomic E-state index is 0.315. The van der Waals surface area contributed by atoms with Crippen molar-refractivity contribution in [1.29, 1.82) is 0 Å². The third-order valence-corrected chi connectivity index (χ3v) is 1.88. The van der Waals surface area contributed by atoms with Crippen molar-refractivity contribution in [3.63, 3.8) is 0 Å². The van der Waals surface area contributed by atoms with E-state index in [1.165, 1.54) is 0 Å². The molecule has 0 spiro atoms. The number of benzene rings is 1. The van der Waals surface area contributed by atoms with Gasteiger partial charge in [0.2, 0.25) is 0 Å². The molecule has 0 aliphatic heterocycles. The van der Waals surface area contributed by atoms with Gasteiger partial charge in [-0.25, -0.2) is 0 Å². The van der Waals surface area contributed by atoms with Gasteiger partial charge >= 0.3 is 11.4 Å². The maximum Gasteiger partial charge on any atom is 0.357 e. The van der Waals surface area contributed by atoms with E-state index in [-0.39, 0.29) is 0 Å². The van der Waals surface area contributed by atoms with Gasteiger partial charge in [0.25, 0.3) is 0 Å². The number of rotatable bonds is 6. The van der Waals surface area contributed by atoms with Crippen LogP contribution in [0, 0.1) is 0 Å². The molecule has 84 valence electrons. The number of hydrogen-bond acceptors (Lipinski definition) is 4. The van der Waals surface area contributed by atoms with Crippen LogP contribution in [-0.2, 0) is 16.1 Å².